The summed E-state index contributed by atoms with van der Waals surface area (Å²) in [6.45, 7) is 0. The van der Waals surface area contributed by atoms with E-state index in [0.29, 0.717) is 11.0 Å². The van der Waals surface area contributed by atoms with Gasteiger partial charge in [0.1, 0.15) is 5.52 Å². The number of thioether (sulfide) groups is 1. The molecule has 1 heterocycles. The van der Waals surface area contributed by atoms with Gasteiger partial charge in [0.05, 0.1) is 6.21 Å². The minimum absolute atomic E-state index is 0.545. The topological polar surface area (TPSA) is 58.6 Å². The van der Waals surface area contributed by atoms with Crippen molar-refractivity contribution in [3.05, 3.63) is 24.3 Å². The molecule has 0 radical (unpaired) electrons. The lowest BCUT2D eigenvalue weighted by molar-refractivity contribution is 0.321. The molecule has 0 saturated carbocycles. The summed E-state index contributed by atoms with van der Waals surface area (Å²) >= 11 is 1.38. The summed E-state index contributed by atoms with van der Waals surface area (Å²) in [6, 6.07) is 7.57. The number of oxime groups is 1. The van der Waals surface area contributed by atoms with E-state index in [1.165, 1.54) is 18.0 Å². The Hall–Kier alpha value is -1.49. The third kappa shape index (κ3) is 1.88. The summed E-state index contributed by atoms with van der Waals surface area (Å²) in [6.07, 6.45) is 1.39. The van der Waals surface area contributed by atoms with Crippen molar-refractivity contribution in [2.45, 2.75) is 5.22 Å². The zero-order chi connectivity index (χ0) is 9.80. The van der Waals surface area contributed by atoms with Gasteiger partial charge < -0.3 is 9.62 Å². The molecule has 0 bridgehead atoms. The Morgan fingerprint density at radius 2 is 2.36 bits per heavy atom. The Morgan fingerprint density at radius 3 is 3.14 bits per heavy atom. The number of rotatable bonds is 3. The molecule has 1 N–H and O–H groups in total. The fourth-order valence-electron chi connectivity index (χ4n) is 1.05. The van der Waals surface area contributed by atoms with Gasteiger partial charge in [-0.15, -0.1) is 5.16 Å². The van der Waals surface area contributed by atoms with Crippen molar-refractivity contribution in [2.75, 3.05) is 5.75 Å². The molecule has 0 atom stereocenters. The monoisotopic (exact) mass is 208 g/mol. The molecule has 4 nitrogen and oxygen atoms in total. The maximum atomic E-state index is 8.19. The molecular weight excluding hydrogens is 200 g/mol. The van der Waals surface area contributed by atoms with Crippen LogP contribution in [-0.4, -0.2) is 22.2 Å². The number of benzene rings is 1. The van der Waals surface area contributed by atoms with E-state index in [4.69, 9.17) is 9.62 Å². The van der Waals surface area contributed by atoms with Gasteiger partial charge in [-0.2, -0.15) is 0 Å². The van der Waals surface area contributed by atoms with Crippen molar-refractivity contribution < 1.29 is 9.62 Å². The molecule has 1 aromatic carbocycles. The van der Waals surface area contributed by atoms with Crippen LogP contribution in [0, 0.1) is 0 Å². The fourth-order valence-corrected chi connectivity index (χ4v) is 1.65. The van der Waals surface area contributed by atoms with Crippen LogP contribution >= 0.6 is 11.8 Å². The van der Waals surface area contributed by atoms with Gasteiger partial charge in [0.15, 0.2) is 5.58 Å². The Labute approximate surface area is 84.6 Å². The smallest absolute Gasteiger partial charge is 0.257 e. The molecule has 0 unspecified atom stereocenters. The molecule has 0 saturated heterocycles. The predicted molar refractivity (Wildman–Crippen MR) is 55.0 cm³/mol. The summed E-state index contributed by atoms with van der Waals surface area (Å²) < 4.78 is 5.42. The second kappa shape index (κ2) is 4.15. The van der Waals surface area contributed by atoms with Crippen LogP contribution in [0.25, 0.3) is 11.1 Å². The van der Waals surface area contributed by atoms with Crippen LogP contribution in [-0.2, 0) is 0 Å². The summed E-state index contributed by atoms with van der Waals surface area (Å²) in [5.74, 6) is 0.545. The second-order valence-electron chi connectivity index (χ2n) is 2.56. The zero-order valence-corrected chi connectivity index (χ0v) is 8.07. The number of nitrogens with zero attached hydrogens (tertiary/aromatic N) is 2. The number of fused-ring (bicyclic) bond motifs is 1. The lowest BCUT2D eigenvalue weighted by Crippen LogP contribution is -1.79. The maximum Gasteiger partial charge on any atom is 0.257 e. The van der Waals surface area contributed by atoms with Gasteiger partial charge in [-0.3, -0.25) is 0 Å². The lowest BCUT2D eigenvalue weighted by atomic mass is 10.3. The molecule has 0 spiro atoms. The average molecular weight is 208 g/mol. The van der Waals surface area contributed by atoms with E-state index in [9.17, 15) is 0 Å². The highest BCUT2D eigenvalue weighted by atomic mass is 32.2. The highest BCUT2D eigenvalue weighted by Crippen LogP contribution is 2.22. The molecule has 0 aliphatic rings. The standard InChI is InChI=1S/C9H8N2O2S/c12-10-5-6-14-9-11-7-3-1-2-4-8(7)13-9/h1-5,12H,6H2/b10-5+. The van der Waals surface area contributed by atoms with Crippen LogP contribution in [0.5, 0.6) is 0 Å². The van der Waals surface area contributed by atoms with Crippen molar-refractivity contribution in [3.63, 3.8) is 0 Å². The molecule has 72 valence electrons. The number of hydrogen-bond acceptors (Lipinski definition) is 5. The van der Waals surface area contributed by atoms with Crippen LogP contribution in [0.4, 0.5) is 0 Å². The summed E-state index contributed by atoms with van der Waals surface area (Å²) in [7, 11) is 0. The van der Waals surface area contributed by atoms with Gasteiger partial charge in [0.25, 0.3) is 5.22 Å². The highest BCUT2D eigenvalue weighted by molar-refractivity contribution is 7.99. The van der Waals surface area contributed by atoms with Crippen molar-refractivity contribution in [2.24, 2.45) is 5.16 Å². The van der Waals surface area contributed by atoms with E-state index in [0.717, 1.165) is 11.1 Å². The first-order valence-electron chi connectivity index (χ1n) is 4.04. The van der Waals surface area contributed by atoms with Crippen LogP contribution < -0.4 is 0 Å². The fraction of sp³-hybridized carbons (Fsp3) is 0.111. The van der Waals surface area contributed by atoms with E-state index in [1.807, 2.05) is 24.3 Å². The minimum Gasteiger partial charge on any atom is -0.431 e. The lowest BCUT2D eigenvalue weighted by Gasteiger charge is -1.86. The van der Waals surface area contributed by atoms with E-state index in [-0.39, 0.29) is 0 Å². The summed E-state index contributed by atoms with van der Waals surface area (Å²) in [5.41, 5.74) is 1.62. The Balaban J connectivity index is 2.18. The molecule has 2 rings (SSSR count). The average Bonchev–Trinajstić information content (AvgIpc) is 2.60. The first kappa shape index (κ1) is 9.08. The van der Waals surface area contributed by atoms with E-state index in [2.05, 4.69) is 10.1 Å². The maximum absolute atomic E-state index is 8.19. The quantitative estimate of drug-likeness (QED) is 0.364. The molecular formula is C9H8N2O2S. The predicted octanol–water partition coefficient (Wildman–Crippen LogP) is 2.38. The normalized spacial score (nSPS) is 11.4. The van der Waals surface area contributed by atoms with Gasteiger partial charge in [-0.1, -0.05) is 23.9 Å². The van der Waals surface area contributed by atoms with Crippen molar-refractivity contribution in [1.82, 2.24) is 4.98 Å². The number of aromatic nitrogens is 1. The SMILES string of the molecule is O/N=C/CSc1nc2ccccc2o1. The van der Waals surface area contributed by atoms with Crippen molar-refractivity contribution in [1.29, 1.82) is 0 Å². The third-order valence-electron chi connectivity index (χ3n) is 1.64. The molecule has 5 heteroatoms. The molecule has 0 amide bonds. The largest absolute Gasteiger partial charge is 0.431 e. The Morgan fingerprint density at radius 1 is 1.50 bits per heavy atom. The molecule has 1 aromatic heterocycles. The minimum atomic E-state index is 0.545. The first-order valence-corrected chi connectivity index (χ1v) is 5.03. The molecule has 2 aromatic rings. The number of hydrogen-bond donors (Lipinski definition) is 1. The molecule has 0 aliphatic heterocycles. The zero-order valence-electron chi connectivity index (χ0n) is 7.25. The third-order valence-corrected chi connectivity index (χ3v) is 2.37. The van der Waals surface area contributed by atoms with E-state index < -0.39 is 0 Å². The molecule has 0 fully saturated rings. The molecule has 0 aliphatic carbocycles. The highest BCUT2D eigenvalue weighted by Gasteiger charge is 2.03. The first-order chi connectivity index (χ1) is 6.90. The van der Waals surface area contributed by atoms with Crippen LogP contribution in [0.3, 0.4) is 0 Å². The van der Waals surface area contributed by atoms with Gasteiger partial charge in [-0.05, 0) is 12.1 Å². The van der Waals surface area contributed by atoms with E-state index in [1.54, 1.807) is 0 Å². The second-order valence-corrected chi connectivity index (χ2v) is 3.53. The number of para-hydroxylation sites is 2. The van der Waals surface area contributed by atoms with Gasteiger partial charge in [0.2, 0.25) is 0 Å². The van der Waals surface area contributed by atoms with E-state index >= 15 is 0 Å². The Bertz CT molecular complexity index is 420. The summed E-state index contributed by atoms with van der Waals surface area (Å²) in [5, 5.41) is 11.7. The molecule has 14 heavy (non-hydrogen) atoms. The van der Waals surface area contributed by atoms with Crippen LogP contribution in [0.2, 0.25) is 0 Å². The Kier molecular flexibility index (Phi) is 2.69. The van der Waals surface area contributed by atoms with Crippen LogP contribution in [0.1, 0.15) is 0 Å². The van der Waals surface area contributed by atoms with Crippen molar-refractivity contribution >= 4 is 29.1 Å². The van der Waals surface area contributed by atoms with Crippen molar-refractivity contribution in [3.8, 4) is 0 Å². The number of oxazole rings is 1. The van der Waals surface area contributed by atoms with Crippen LogP contribution in [0.15, 0.2) is 39.1 Å². The van der Waals surface area contributed by atoms with Gasteiger partial charge in [0, 0.05) is 5.75 Å². The van der Waals surface area contributed by atoms with Gasteiger partial charge >= 0.3 is 0 Å². The summed E-state index contributed by atoms with van der Waals surface area (Å²) in [4.78, 5) is 4.24. The van der Waals surface area contributed by atoms with Gasteiger partial charge in [-0.25, -0.2) is 4.98 Å².